The van der Waals surface area contributed by atoms with E-state index >= 15 is 0 Å². The van der Waals surface area contributed by atoms with E-state index in [-0.39, 0.29) is 5.91 Å². The molecule has 0 saturated heterocycles. The molecule has 126 valence electrons. The van der Waals surface area contributed by atoms with E-state index in [2.05, 4.69) is 39.9 Å². The van der Waals surface area contributed by atoms with Gasteiger partial charge in [-0.3, -0.25) is 4.79 Å². The monoisotopic (exact) mass is 341 g/mol. The maximum absolute atomic E-state index is 12.6. The van der Waals surface area contributed by atoms with E-state index < -0.39 is 0 Å². The molecule has 1 amide bonds. The fourth-order valence-electron chi connectivity index (χ4n) is 2.77. The summed E-state index contributed by atoms with van der Waals surface area (Å²) in [5.74, 6) is -0.00571. The van der Waals surface area contributed by atoms with Gasteiger partial charge < -0.3 is 14.8 Å². The number of likely N-dealkylation sites (N-methyl/N-ethyl adjacent to an activating group) is 1. The minimum atomic E-state index is -0.00571. The Bertz CT molecular complexity index is 833. The van der Waals surface area contributed by atoms with Crippen LogP contribution in [0.15, 0.2) is 42.5 Å². The molecule has 24 heavy (non-hydrogen) atoms. The highest BCUT2D eigenvalue weighted by Gasteiger charge is 2.17. The summed E-state index contributed by atoms with van der Waals surface area (Å²) < 4.78 is 3.29. The first-order valence-electron chi connectivity index (χ1n) is 8.11. The number of nitrogens with one attached hydrogen (secondary N) is 1. The van der Waals surface area contributed by atoms with Crippen molar-refractivity contribution in [3.05, 3.63) is 58.6 Å². The van der Waals surface area contributed by atoms with E-state index in [1.54, 1.807) is 11.3 Å². The van der Waals surface area contributed by atoms with Gasteiger partial charge in [0.25, 0.3) is 5.91 Å². The van der Waals surface area contributed by atoms with Crippen LogP contribution < -0.4 is 5.32 Å². The minimum absolute atomic E-state index is 0.00571. The number of rotatable bonds is 6. The Morgan fingerprint density at radius 2 is 1.96 bits per heavy atom. The standard InChI is InChI=1S/C19H23N3OS/c1-14-11-16-18(24-14)12-17(19(23)20-9-10-21(2)3)22(16)13-15-7-5-4-6-8-15/h4-8,11-12H,9-10,13H2,1-3H3,(H,20,23). The third kappa shape index (κ3) is 3.68. The molecule has 1 N–H and O–H groups in total. The molecular weight excluding hydrogens is 318 g/mol. The molecule has 0 radical (unpaired) electrons. The number of fused-ring (bicyclic) bond motifs is 1. The maximum Gasteiger partial charge on any atom is 0.268 e. The molecule has 3 rings (SSSR count). The summed E-state index contributed by atoms with van der Waals surface area (Å²) in [6.07, 6.45) is 0. The number of amides is 1. The number of benzene rings is 1. The summed E-state index contributed by atoms with van der Waals surface area (Å²) in [6.45, 7) is 4.29. The second kappa shape index (κ2) is 7.20. The lowest BCUT2D eigenvalue weighted by Crippen LogP contribution is -2.32. The van der Waals surface area contributed by atoms with Crippen LogP contribution in [0, 0.1) is 6.92 Å². The van der Waals surface area contributed by atoms with Gasteiger partial charge in [-0.05, 0) is 38.7 Å². The van der Waals surface area contributed by atoms with E-state index in [4.69, 9.17) is 0 Å². The lowest BCUT2D eigenvalue weighted by molar-refractivity contribution is 0.0942. The topological polar surface area (TPSA) is 37.3 Å². The Kier molecular flexibility index (Phi) is 5.02. The molecule has 0 aliphatic rings. The second-order valence-corrected chi connectivity index (χ2v) is 7.55. The van der Waals surface area contributed by atoms with E-state index in [0.717, 1.165) is 17.8 Å². The van der Waals surface area contributed by atoms with Gasteiger partial charge in [0.15, 0.2) is 0 Å². The molecule has 0 atom stereocenters. The number of thiophene rings is 1. The number of nitrogens with zero attached hydrogens (tertiary/aromatic N) is 2. The van der Waals surface area contributed by atoms with Crippen LogP contribution in [0.25, 0.3) is 10.2 Å². The first kappa shape index (κ1) is 16.7. The highest BCUT2D eigenvalue weighted by Crippen LogP contribution is 2.29. The van der Waals surface area contributed by atoms with Gasteiger partial charge in [-0.15, -0.1) is 11.3 Å². The molecule has 0 fully saturated rings. The Morgan fingerprint density at radius 1 is 1.21 bits per heavy atom. The van der Waals surface area contributed by atoms with Gasteiger partial charge in [-0.1, -0.05) is 30.3 Å². The average Bonchev–Trinajstić information content (AvgIpc) is 3.05. The Morgan fingerprint density at radius 3 is 2.67 bits per heavy atom. The first-order chi connectivity index (χ1) is 11.5. The third-order valence-corrected chi connectivity index (χ3v) is 4.96. The minimum Gasteiger partial charge on any atom is -0.349 e. The smallest absolute Gasteiger partial charge is 0.268 e. The van der Waals surface area contributed by atoms with Gasteiger partial charge in [-0.2, -0.15) is 0 Å². The zero-order valence-electron chi connectivity index (χ0n) is 14.4. The largest absolute Gasteiger partial charge is 0.349 e. The lowest BCUT2D eigenvalue weighted by atomic mass is 10.2. The lowest BCUT2D eigenvalue weighted by Gasteiger charge is -2.13. The third-order valence-electron chi connectivity index (χ3n) is 3.97. The molecule has 0 aliphatic heterocycles. The molecule has 0 aliphatic carbocycles. The number of aryl methyl sites for hydroxylation is 1. The SMILES string of the molecule is Cc1cc2c(cc(C(=O)NCCN(C)C)n2Cc2ccccc2)s1. The molecule has 0 spiro atoms. The zero-order valence-corrected chi connectivity index (χ0v) is 15.2. The van der Waals surface area contributed by atoms with Crippen molar-refractivity contribution in [2.45, 2.75) is 13.5 Å². The molecule has 0 bridgehead atoms. The number of hydrogen-bond acceptors (Lipinski definition) is 3. The summed E-state index contributed by atoms with van der Waals surface area (Å²) in [5, 5.41) is 3.03. The van der Waals surface area contributed by atoms with Crippen molar-refractivity contribution in [2.75, 3.05) is 27.2 Å². The van der Waals surface area contributed by atoms with Gasteiger partial charge in [0.05, 0.1) is 10.2 Å². The van der Waals surface area contributed by atoms with Crippen molar-refractivity contribution in [2.24, 2.45) is 0 Å². The number of carbonyl (C=O) groups excluding carboxylic acids is 1. The molecular formula is C19H23N3OS. The summed E-state index contributed by atoms with van der Waals surface area (Å²) in [6, 6.07) is 14.5. The van der Waals surface area contributed by atoms with E-state index in [1.165, 1.54) is 15.1 Å². The van der Waals surface area contributed by atoms with E-state index in [9.17, 15) is 4.79 Å². The van der Waals surface area contributed by atoms with Gasteiger partial charge in [-0.25, -0.2) is 0 Å². The van der Waals surface area contributed by atoms with Gasteiger partial charge in [0.1, 0.15) is 5.69 Å². The van der Waals surface area contributed by atoms with Crippen LogP contribution in [0.1, 0.15) is 20.9 Å². The quantitative estimate of drug-likeness (QED) is 0.746. The van der Waals surface area contributed by atoms with Crippen molar-refractivity contribution >= 4 is 27.5 Å². The average molecular weight is 341 g/mol. The predicted octanol–water partition coefficient (Wildman–Crippen LogP) is 3.35. The fourth-order valence-corrected chi connectivity index (χ4v) is 3.73. The molecule has 0 unspecified atom stereocenters. The van der Waals surface area contributed by atoms with Gasteiger partial charge in [0, 0.05) is 24.5 Å². The first-order valence-corrected chi connectivity index (χ1v) is 8.93. The van der Waals surface area contributed by atoms with Crippen LogP contribution in [-0.4, -0.2) is 42.6 Å². The van der Waals surface area contributed by atoms with Crippen molar-refractivity contribution < 1.29 is 4.79 Å². The normalized spacial score (nSPS) is 11.3. The summed E-state index contributed by atoms with van der Waals surface area (Å²) >= 11 is 1.73. The highest BCUT2D eigenvalue weighted by molar-refractivity contribution is 7.19. The molecule has 3 aromatic rings. The van der Waals surface area contributed by atoms with Crippen LogP contribution in [-0.2, 0) is 6.54 Å². The molecule has 2 aromatic heterocycles. The highest BCUT2D eigenvalue weighted by atomic mass is 32.1. The molecule has 2 heterocycles. The van der Waals surface area contributed by atoms with Crippen molar-refractivity contribution in [1.82, 2.24) is 14.8 Å². The molecule has 1 aromatic carbocycles. The molecule has 4 nitrogen and oxygen atoms in total. The maximum atomic E-state index is 12.6. The Labute approximate surface area is 146 Å². The fraction of sp³-hybridized carbons (Fsp3) is 0.316. The molecule has 0 saturated carbocycles. The van der Waals surface area contributed by atoms with E-state index in [0.29, 0.717) is 13.1 Å². The number of carbonyl (C=O) groups is 1. The van der Waals surface area contributed by atoms with Crippen molar-refractivity contribution in [3.8, 4) is 0 Å². The number of aromatic nitrogens is 1. The van der Waals surface area contributed by atoms with Gasteiger partial charge in [0.2, 0.25) is 0 Å². The second-order valence-electron chi connectivity index (χ2n) is 6.27. The summed E-state index contributed by atoms with van der Waals surface area (Å²) in [4.78, 5) is 16.0. The van der Waals surface area contributed by atoms with Crippen LogP contribution >= 0.6 is 11.3 Å². The van der Waals surface area contributed by atoms with Crippen LogP contribution in [0.2, 0.25) is 0 Å². The Balaban J connectivity index is 1.90. The zero-order chi connectivity index (χ0) is 17.1. The van der Waals surface area contributed by atoms with Gasteiger partial charge >= 0.3 is 0 Å². The van der Waals surface area contributed by atoms with Crippen LogP contribution in [0.3, 0.4) is 0 Å². The van der Waals surface area contributed by atoms with E-state index in [1.807, 2.05) is 38.4 Å². The number of hydrogen-bond donors (Lipinski definition) is 1. The summed E-state index contributed by atoms with van der Waals surface area (Å²) in [7, 11) is 4.01. The van der Waals surface area contributed by atoms with Crippen LogP contribution in [0.4, 0.5) is 0 Å². The van der Waals surface area contributed by atoms with Crippen molar-refractivity contribution in [3.63, 3.8) is 0 Å². The summed E-state index contributed by atoms with van der Waals surface area (Å²) in [5.41, 5.74) is 3.07. The van der Waals surface area contributed by atoms with Crippen molar-refractivity contribution in [1.29, 1.82) is 0 Å². The van der Waals surface area contributed by atoms with Crippen LogP contribution in [0.5, 0.6) is 0 Å². The Hall–Kier alpha value is -2.11. The predicted molar refractivity (Wildman–Crippen MR) is 101 cm³/mol. The molecule has 5 heteroatoms.